The van der Waals surface area contributed by atoms with Gasteiger partial charge in [0.2, 0.25) is 20.0 Å². The van der Waals surface area contributed by atoms with Crippen molar-refractivity contribution in [1.82, 2.24) is 9.03 Å². The molecule has 0 saturated heterocycles. The van der Waals surface area contributed by atoms with E-state index in [4.69, 9.17) is 11.6 Å². The molecule has 0 aliphatic rings. The minimum absolute atomic E-state index is 0.0855. The molecule has 0 amide bonds. The second-order valence-electron chi connectivity index (χ2n) is 5.86. The van der Waals surface area contributed by atoms with Crippen LogP contribution in [0.15, 0.2) is 52.3 Å². The third kappa shape index (κ3) is 4.84. The van der Waals surface area contributed by atoms with Crippen molar-refractivity contribution in [1.29, 1.82) is 0 Å². The molecule has 2 rings (SSSR count). The van der Waals surface area contributed by atoms with Gasteiger partial charge >= 0.3 is 6.18 Å². The number of alkyl halides is 3. The van der Waals surface area contributed by atoms with Gasteiger partial charge in [0.15, 0.2) is 0 Å². The number of rotatable bonds is 6. The Morgan fingerprint density at radius 2 is 1.61 bits per heavy atom. The zero-order valence-corrected chi connectivity index (χ0v) is 17.0. The van der Waals surface area contributed by atoms with Crippen molar-refractivity contribution >= 4 is 31.6 Å². The summed E-state index contributed by atoms with van der Waals surface area (Å²) in [6.07, 6.45) is -4.94. The topological polar surface area (TPSA) is 83.6 Å². The first-order valence-corrected chi connectivity index (χ1v) is 10.9. The Morgan fingerprint density at radius 1 is 1.00 bits per heavy atom. The summed E-state index contributed by atoms with van der Waals surface area (Å²) in [6.45, 7) is -0.522. The van der Waals surface area contributed by atoms with E-state index < -0.39 is 43.2 Å². The summed E-state index contributed by atoms with van der Waals surface area (Å²) in [5.74, 6) is 0. The van der Waals surface area contributed by atoms with E-state index in [1.807, 2.05) is 4.72 Å². The Morgan fingerprint density at radius 3 is 2.18 bits per heavy atom. The average molecular weight is 457 g/mol. The molecule has 154 valence electrons. The Labute approximate surface area is 166 Å². The van der Waals surface area contributed by atoms with E-state index in [2.05, 4.69) is 0 Å². The second-order valence-corrected chi connectivity index (χ2v) is 10.2. The molecular weight excluding hydrogens is 441 g/mol. The van der Waals surface area contributed by atoms with E-state index in [1.54, 1.807) is 0 Å². The van der Waals surface area contributed by atoms with Crippen LogP contribution in [0, 0.1) is 0 Å². The first-order valence-electron chi connectivity index (χ1n) is 7.63. The summed E-state index contributed by atoms with van der Waals surface area (Å²) >= 11 is 5.56. The maximum Gasteiger partial charge on any atom is 0.417 e. The summed E-state index contributed by atoms with van der Waals surface area (Å²) in [5, 5.41) is -0.270. The number of hydrogen-bond donors (Lipinski definition) is 1. The van der Waals surface area contributed by atoms with Crippen LogP contribution >= 0.6 is 11.6 Å². The third-order valence-electron chi connectivity index (χ3n) is 3.72. The van der Waals surface area contributed by atoms with Gasteiger partial charge < -0.3 is 0 Å². The molecule has 2 aromatic rings. The lowest BCUT2D eigenvalue weighted by atomic mass is 10.2. The molecule has 0 aromatic heterocycles. The van der Waals surface area contributed by atoms with Gasteiger partial charge in [-0.3, -0.25) is 0 Å². The van der Waals surface area contributed by atoms with E-state index in [-0.39, 0.29) is 15.5 Å². The quantitative estimate of drug-likeness (QED) is 0.724. The monoisotopic (exact) mass is 456 g/mol. The fourth-order valence-electron chi connectivity index (χ4n) is 2.31. The van der Waals surface area contributed by atoms with Crippen molar-refractivity contribution in [3.05, 3.63) is 58.6 Å². The van der Waals surface area contributed by atoms with Gasteiger partial charge in [0, 0.05) is 25.7 Å². The lowest BCUT2D eigenvalue weighted by Gasteiger charge is -2.17. The van der Waals surface area contributed by atoms with Crippen LogP contribution < -0.4 is 4.72 Å². The third-order valence-corrected chi connectivity index (χ3v) is 7.33. The minimum Gasteiger partial charge on any atom is -0.207 e. The van der Waals surface area contributed by atoms with Gasteiger partial charge in [0.25, 0.3) is 0 Å². The molecule has 0 aliphatic carbocycles. The predicted molar refractivity (Wildman–Crippen MR) is 97.8 cm³/mol. The van der Waals surface area contributed by atoms with Gasteiger partial charge in [0.05, 0.1) is 15.4 Å². The van der Waals surface area contributed by atoms with E-state index >= 15 is 0 Å². The molecule has 0 fully saturated rings. The van der Waals surface area contributed by atoms with Gasteiger partial charge in [-0.25, -0.2) is 25.9 Å². The van der Waals surface area contributed by atoms with Gasteiger partial charge in [-0.2, -0.15) is 13.2 Å². The average Bonchev–Trinajstić information content (AvgIpc) is 2.59. The van der Waals surface area contributed by atoms with Crippen molar-refractivity contribution < 1.29 is 30.0 Å². The molecular formula is C16H16ClF3N2O4S2. The normalized spacial score (nSPS) is 13.1. The van der Waals surface area contributed by atoms with Gasteiger partial charge in [0.1, 0.15) is 0 Å². The van der Waals surface area contributed by atoms with Gasteiger partial charge in [-0.15, -0.1) is 0 Å². The van der Waals surface area contributed by atoms with Crippen LogP contribution in [0.4, 0.5) is 13.2 Å². The number of benzene rings is 2. The summed E-state index contributed by atoms with van der Waals surface area (Å²) in [4.78, 5) is -1.16. The highest BCUT2D eigenvalue weighted by molar-refractivity contribution is 7.89. The highest BCUT2D eigenvalue weighted by atomic mass is 35.5. The smallest absolute Gasteiger partial charge is 0.207 e. The summed E-state index contributed by atoms with van der Waals surface area (Å²) in [6, 6.07) is 7.87. The Balaban J connectivity index is 2.42. The molecule has 12 heteroatoms. The van der Waals surface area contributed by atoms with Crippen LogP contribution in [-0.2, 0) is 32.8 Å². The highest BCUT2D eigenvalue weighted by Gasteiger charge is 2.37. The maximum atomic E-state index is 13.2. The predicted octanol–water partition coefficient (Wildman–Crippen LogP) is 3.09. The van der Waals surface area contributed by atoms with E-state index in [1.165, 1.54) is 38.4 Å². The summed E-state index contributed by atoms with van der Waals surface area (Å²) in [7, 11) is -5.87. The first-order chi connectivity index (χ1) is 12.8. The Bertz CT molecular complexity index is 1090. The fraction of sp³-hybridized carbons (Fsp3) is 0.250. The van der Waals surface area contributed by atoms with Crippen molar-refractivity contribution in [2.45, 2.75) is 22.5 Å². The van der Waals surface area contributed by atoms with Crippen LogP contribution in [-0.4, -0.2) is 35.2 Å². The molecule has 0 unspecified atom stereocenters. The molecule has 0 saturated carbocycles. The van der Waals surface area contributed by atoms with Gasteiger partial charge in [-0.05, 0) is 29.8 Å². The van der Waals surface area contributed by atoms with Crippen LogP contribution in [0.2, 0.25) is 5.02 Å². The zero-order chi connectivity index (χ0) is 21.3. The maximum absolute atomic E-state index is 13.2. The first kappa shape index (κ1) is 22.6. The van der Waals surface area contributed by atoms with E-state index in [0.29, 0.717) is 6.07 Å². The summed E-state index contributed by atoms with van der Waals surface area (Å²) < 4.78 is 92.2. The standard InChI is InChI=1S/C16H16ClF3N2O4S2/c1-22(2)28(25,26)14-6-4-3-5-11(14)10-21-27(23,24)15-8-7-12(17)9-13(15)16(18,19)20/h3-9,21H,10H2,1-2H3. The van der Waals surface area contributed by atoms with Crippen molar-refractivity contribution in [3.63, 3.8) is 0 Å². The summed E-state index contributed by atoms with van der Waals surface area (Å²) in [5.41, 5.74) is -1.33. The van der Waals surface area contributed by atoms with Crippen molar-refractivity contribution in [2.24, 2.45) is 0 Å². The molecule has 0 spiro atoms. The number of nitrogens with one attached hydrogen (secondary N) is 1. The minimum atomic E-state index is -4.94. The SMILES string of the molecule is CN(C)S(=O)(=O)c1ccccc1CNS(=O)(=O)c1ccc(Cl)cc1C(F)(F)F. The molecule has 0 radical (unpaired) electrons. The lowest BCUT2D eigenvalue weighted by Crippen LogP contribution is -2.28. The molecule has 2 aromatic carbocycles. The van der Waals surface area contributed by atoms with Crippen LogP contribution in [0.25, 0.3) is 0 Å². The van der Waals surface area contributed by atoms with Crippen LogP contribution in [0.5, 0.6) is 0 Å². The number of halogens is 4. The van der Waals surface area contributed by atoms with Crippen molar-refractivity contribution in [3.8, 4) is 0 Å². The molecule has 0 aliphatic heterocycles. The highest BCUT2D eigenvalue weighted by Crippen LogP contribution is 2.35. The Kier molecular flexibility index (Phi) is 6.46. The van der Waals surface area contributed by atoms with E-state index in [9.17, 15) is 30.0 Å². The number of sulfonamides is 2. The lowest BCUT2D eigenvalue weighted by molar-refractivity contribution is -0.139. The molecule has 1 N–H and O–H groups in total. The fourth-order valence-corrected chi connectivity index (χ4v) is 4.81. The molecule has 0 bridgehead atoms. The molecule has 6 nitrogen and oxygen atoms in total. The van der Waals surface area contributed by atoms with Crippen LogP contribution in [0.1, 0.15) is 11.1 Å². The van der Waals surface area contributed by atoms with Crippen molar-refractivity contribution in [2.75, 3.05) is 14.1 Å². The number of nitrogens with zero attached hydrogens (tertiary/aromatic N) is 1. The zero-order valence-electron chi connectivity index (χ0n) is 14.7. The van der Waals surface area contributed by atoms with Crippen LogP contribution in [0.3, 0.4) is 0 Å². The molecule has 0 heterocycles. The molecule has 28 heavy (non-hydrogen) atoms. The van der Waals surface area contributed by atoms with E-state index in [0.717, 1.165) is 16.4 Å². The number of hydrogen-bond acceptors (Lipinski definition) is 4. The van der Waals surface area contributed by atoms with Gasteiger partial charge in [-0.1, -0.05) is 29.8 Å². The largest absolute Gasteiger partial charge is 0.417 e. The molecule has 0 atom stereocenters. The second kappa shape index (κ2) is 7.99. The Hall–Kier alpha value is -1.66.